The second-order valence-electron chi connectivity index (χ2n) is 3.75. The second-order valence-corrected chi connectivity index (χ2v) is 4.66. The Morgan fingerprint density at radius 3 is 2.50 bits per heavy atom. The smallest absolute Gasteiger partial charge is 0.157 e. The van der Waals surface area contributed by atoms with Crippen molar-refractivity contribution in [2.45, 2.75) is 33.1 Å². The fourth-order valence-corrected chi connectivity index (χ4v) is 1.62. The molecule has 0 aromatic heterocycles. The number of nitrogens with zero attached hydrogens (tertiary/aromatic N) is 1. The third-order valence-corrected chi connectivity index (χ3v) is 2.93. The van der Waals surface area contributed by atoms with E-state index in [4.69, 9.17) is 0 Å². The standard InChI is InChI=1S/C11H16BrNO.C2H6/c1-13(8-10-4-2-5-10)7-3-6-11(12)9-14;1-2/h3,6-7,9-10H,2,4-5,8H2,1H3;1-2H3/b7-3-,11-6+;. The van der Waals surface area contributed by atoms with Crippen molar-refractivity contribution in [1.29, 1.82) is 0 Å². The van der Waals surface area contributed by atoms with E-state index in [0.717, 1.165) is 18.7 Å². The van der Waals surface area contributed by atoms with Crippen LogP contribution in [0.1, 0.15) is 33.1 Å². The molecule has 3 heteroatoms. The Kier molecular flexibility index (Phi) is 9.30. The molecule has 1 aliphatic rings. The summed E-state index contributed by atoms with van der Waals surface area (Å²) in [6.45, 7) is 5.13. The van der Waals surface area contributed by atoms with Crippen molar-refractivity contribution in [3.05, 3.63) is 22.8 Å². The molecule has 16 heavy (non-hydrogen) atoms. The van der Waals surface area contributed by atoms with Crippen LogP contribution in [0.4, 0.5) is 0 Å². The number of carbonyl (C=O) groups is 1. The molecule has 0 aromatic rings. The first-order valence-electron chi connectivity index (χ1n) is 5.92. The van der Waals surface area contributed by atoms with Crippen LogP contribution in [0.15, 0.2) is 22.8 Å². The van der Waals surface area contributed by atoms with E-state index < -0.39 is 0 Å². The number of halogens is 1. The Bertz CT molecular complexity index is 244. The number of aldehydes is 1. The molecule has 0 radical (unpaired) electrons. The van der Waals surface area contributed by atoms with Gasteiger partial charge in [0, 0.05) is 13.6 Å². The zero-order valence-electron chi connectivity index (χ0n) is 10.4. The minimum atomic E-state index is 0.575. The Balaban J connectivity index is 0.00000106. The molecule has 0 saturated heterocycles. The first-order chi connectivity index (χ1) is 7.72. The predicted molar refractivity (Wildman–Crippen MR) is 73.5 cm³/mol. The average molecular weight is 288 g/mol. The van der Waals surface area contributed by atoms with Gasteiger partial charge in [0.25, 0.3) is 0 Å². The summed E-state index contributed by atoms with van der Waals surface area (Å²) in [6, 6.07) is 0. The van der Waals surface area contributed by atoms with Gasteiger partial charge in [-0.05, 0) is 53.0 Å². The highest BCUT2D eigenvalue weighted by Gasteiger charge is 2.17. The van der Waals surface area contributed by atoms with Crippen molar-refractivity contribution in [2.24, 2.45) is 5.92 Å². The van der Waals surface area contributed by atoms with Gasteiger partial charge in [-0.2, -0.15) is 0 Å². The van der Waals surface area contributed by atoms with Crippen molar-refractivity contribution in [2.75, 3.05) is 13.6 Å². The maximum Gasteiger partial charge on any atom is 0.157 e. The molecule has 2 nitrogen and oxygen atoms in total. The lowest BCUT2D eigenvalue weighted by Crippen LogP contribution is -2.25. The maximum absolute atomic E-state index is 10.3. The van der Waals surface area contributed by atoms with Gasteiger partial charge in [0.15, 0.2) is 6.29 Å². The molecule has 1 fully saturated rings. The van der Waals surface area contributed by atoms with E-state index in [-0.39, 0.29) is 0 Å². The summed E-state index contributed by atoms with van der Waals surface area (Å²) in [5.41, 5.74) is 0. The van der Waals surface area contributed by atoms with Gasteiger partial charge in [-0.25, -0.2) is 0 Å². The molecule has 0 atom stereocenters. The van der Waals surface area contributed by atoms with Crippen molar-refractivity contribution in [3.63, 3.8) is 0 Å². The van der Waals surface area contributed by atoms with Crippen LogP contribution >= 0.6 is 15.9 Å². The summed E-state index contributed by atoms with van der Waals surface area (Å²) < 4.78 is 0.575. The van der Waals surface area contributed by atoms with Crippen molar-refractivity contribution in [1.82, 2.24) is 4.90 Å². The molecule has 1 aliphatic carbocycles. The molecule has 92 valence electrons. The Labute approximate surface area is 108 Å². The zero-order valence-corrected chi connectivity index (χ0v) is 12.0. The van der Waals surface area contributed by atoms with Gasteiger partial charge < -0.3 is 4.90 Å². The van der Waals surface area contributed by atoms with Gasteiger partial charge in [-0.15, -0.1) is 0 Å². The van der Waals surface area contributed by atoms with E-state index in [2.05, 4.69) is 27.9 Å². The van der Waals surface area contributed by atoms with Crippen LogP contribution < -0.4 is 0 Å². The first kappa shape index (κ1) is 15.4. The Hall–Kier alpha value is -0.570. The molecule has 1 rings (SSSR count). The van der Waals surface area contributed by atoms with Gasteiger partial charge in [-0.1, -0.05) is 20.3 Å². The molecule has 0 heterocycles. The molecule has 0 unspecified atom stereocenters. The lowest BCUT2D eigenvalue weighted by Gasteiger charge is -2.29. The van der Waals surface area contributed by atoms with Crippen molar-refractivity contribution >= 4 is 22.2 Å². The highest BCUT2D eigenvalue weighted by atomic mass is 79.9. The summed E-state index contributed by atoms with van der Waals surface area (Å²) >= 11 is 3.13. The molecule has 0 amide bonds. The van der Waals surface area contributed by atoms with Crippen LogP contribution in [0.5, 0.6) is 0 Å². The van der Waals surface area contributed by atoms with E-state index in [1.54, 1.807) is 6.08 Å². The second kappa shape index (κ2) is 9.64. The highest BCUT2D eigenvalue weighted by Crippen LogP contribution is 2.26. The summed E-state index contributed by atoms with van der Waals surface area (Å²) in [5.74, 6) is 0.878. The van der Waals surface area contributed by atoms with Gasteiger partial charge >= 0.3 is 0 Å². The lowest BCUT2D eigenvalue weighted by molar-refractivity contribution is -0.104. The van der Waals surface area contributed by atoms with Gasteiger partial charge in [-0.3, -0.25) is 4.79 Å². The number of hydrogen-bond donors (Lipinski definition) is 0. The minimum Gasteiger partial charge on any atom is -0.380 e. The van der Waals surface area contributed by atoms with Crippen LogP contribution in [0.2, 0.25) is 0 Å². The fourth-order valence-electron chi connectivity index (χ4n) is 1.46. The number of rotatable bonds is 5. The van der Waals surface area contributed by atoms with Gasteiger partial charge in [0.1, 0.15) is 0 Å². The SMILES string of the molecule is CC.CN(/C=C\C=C(\Br)C=O)CC1CCC1. The van der Waals surface area contributed by atoms with Gasteiger partial charge in [0.05, 0.1) is 4.48 Å². The lowest BCUT2D eigenvalue weighted by atomic mass is 9.85. The van der Waals surface area contributed by atoms with Crippen LogP contribution in [0, 0.1) is 5.92 Å². The Morgan fingerprint density at radius 2 is 2.06 bits per heavy atom. The molecule has 0 aliphatic heterocycles. The average Bonchev–Trinajstić information content (AvgIpc) is 2.26. The van der Waals surface area contributed by atoms with Crippen LogP contribution in [-0.4, -0.2) is 24.8 Å². The molecular weight excluding hydrogens is 266 g/mol. The summed E-state index contributed by atoms with van der Waals surface area (Å²) in [5, 5.41) is 0. The summed E-state index contributed by atoms with van der Waals surface area (Å²) in [7, 11) is 2.07. The molecule has 0 bridgehead atoms. The summed E-state index contributed by atoms with van der Waals surface area (Å²) in [4.78, 5) is 12.4. The summed E-state index contributed by atoms with van der Waals surface area (Å²) in [6.07, 6.45) is 10.6. The van der Waals surface area contributed by atoms with Crippen LogP contribution in [0.3, 0.4) is 0 Å². The van der Waals surface area contributed by atoms with E-state index in [9.17, 15) is 4.79 Å². The van der Waals surface area contributed by atoms with E-state index >= 15 is 0 Å². The van der Waals surface area contributed by atoms with Crippen molar-refractivity contribution < 1.29 is 4.79 Å². The van der Waals surface area contributed by atoms with Crippen LogP contribution in [-0.2, 0) is 4.79 Å². The van der Waals surface area contributed by atoms with Crippen LogP contribution in [0.25, 0.3) is 0 Å². The van der Waals surface area contributed by atoms with E-state index in [0.29, 0.717) is 4.48 Å². The van der Waals surface area contributed by atoms with E-state index in [1.807, 2.05) is 26.1 Å². The normalized spacial score (nSPS) is 16.4. The van der Waals surface area contributed by atoms with Gasteiger partial charge in [0.2, 0.25) is 0 Å². The third-order valence-electron chi connectivity index (χ3n) is 2.48. The quantitative estimate of drug-likeness (QED) is 0.436. The largest absolute Gasteiger partial charge is 0.380 e. The maximum atomic E-state index is 10.3. The predicted octanol–water partition coefficient (Wildman–Crippen LogP) is 3.74. The molecular formula is C13H22BrNO. The molecule has 0 spiro atoms. The molecule has 0 aromatic carbocycles. The number of allylic oxidation sites excluding steroid dienone is 3. The number of carbonyl (C=O) groups excluding carboxylic acids is 1. The van der Waals surface area contributed by atoms with E-state index in [1.165, 1.54) is 19.3 Å². The van der Waals surface area contributed by atoms with Crippen molar-refractivity contribution in [3.8, 4) is 0 Å². The topological polar surface area (TPSA) is 20.3 Å². The monoisotopic (exact) mass is 287 g/mol. The minimum absolute atomic E-state index is 0.575. The molecule has 1 saturated carbocycles. The first-order valence-corrected chi connectivity index (χ1v) is 6.71. The number of hydrogen-bond acceptors (Lipinski definition) is 2. The fraction of sp³-hybridized carbons (Fsp3) is 0.615. The molecule has 0 N–H and O–H groups in total. The Morgan fingerprint density at radius 1 is 1.44 bits per heavy atom. The third kappa shape index (κ3) is 6.83. The highest BCUT2D eigenvalue weighted by molar-refractivity contribution is 9.12. The zero-order chi connectivity index (χ0) is 12.4.